The van der Waals surface area contributed by atoms with E-state index in [0.717, 1.165) is 5.56 Å². The summed E-state index contributed by atoms with van der Waals surface area (Å²) in [5, 5.41) is 0. The molecule has 1 aromatic carbocycles. The van der Waals surface area contributed by atoms with Crippen molar-refractivity contribution in [3.05, 3.63) is 35.6 Å². The van der Waals surface area contributed by atoms with Crippen LogP contribution < -0.4 is 0 Å². The lowest BCUT2D eigenvalue weighted by Gasteiger charge is -2.30. The Kier molecular flexibility index (Phi) is 7.69. The van der Waals surface area contributed by atoms with Crippen LogP contribution >= 0.6 is 23.2 Å². The molecule has 0 atom stereocenters. The van der Waals surface area contributed by atoms with Gasteiger partial charge in [-0.1, -0.05) is 12.1 Å². The largest absolute Gasteiger partial charge is 0.382 e. The monoisotopic (exact) mass is 308 g/mol. The van der Waals surface area contributed by atoms with E-state index in [9.17, 15) is 4.39 Å². The topological polar surface area (TPSA) is 18.5 Å². The summed E-state index contributed by atoms with van der Waals surface area (Å²) in [4.78, 5) is 0. The summed E-state index contributed by atoms with van der Waals surface area (Å²) in [5.74, 6) is 0.374. The van der Waals surface area contributed by atoms with Crippen LogP contribution in [-0.2, 0) is 14.9 Å². The molecular formula is C14H19Cl2FO2. The molecule has 0 amide bonds. The van der Waals surface area contributed by atoms with Crippen molar-refractivity contribution in [2.75, 3.05) is 38.7 Å². The summed E-state index contributed by atoms with van der Waals surface area (Å²) in [7, 11) is 1.62. The first-order valence-electron chi connectivity index (χ1n) is 6.13. The molecule has 1 rings (SSSR count). The van der Waals surface area contributed by atoms with Gasteiger partial charge in [-0.15, -0.1) is 23.2 Å². The van der Waals surface area contributed by atoms with Crippen molar-refractivity contribution in [1.29, 1.82) is 0 Å². The zero-order valence-electron chi connectivity index (χ0n) is 11.0. The van der Waals surface area contributed by atoms with Crippen molar-refractivity contribution in [2.24, 2.45) is 0 Å². The van der Waals surface area contributed by atoms with Gasteiger partial charge in [0.05, 0.1) is 13.2 Å². The number of alkyl halides is 2. The Labute approximate surface area is 123 Å². The van der Waals surface area contributed by atoms with Crippen LogP contribution in [0.15, 0.2) is 24.3 Å². The third-order valence-electron chi connectivity index (χ3n) is 3.11. The fourth-order valence-electron chi connectivity index (χ4n) is 1.80. The van der Waals surface area contributed by atoms with Crippen molar-refractivity contribution in [2.45, 2.75) is 11.8 Å². The SMILES string of the molecule is COCCOCCC(CCl)(CCl)c1cccc(F)c1. The molecule has 19 heavy (non-hydrogen) atoms. The minimum Gasteiger partial charge on any atom is -0.382 e. The highest BCUT2D eigenvalue weighted by Gasteiger charge is 2.30. The van der Waals surface area contributed by atoms with Gasteiger partial charge in [0.1, 0.15) is 5.82 Å². The molecule has 1 aromatic rings. The molecule has 108 valence electrons. The van der Waals surface area contributed by atoms with Crippen LogP contribution in [0.2, 0.25) is 0 Å². The standard InChI is InChI=1S/C14H19Cl2FO2/c1-18-7-8-19-6-5-14(10-15,11-16)12-3-2-4-13(17)9-12/h2-4,9H,5-8,10-11H2,1H3. The predicted molar refractivity (Wildman–Crippen MR) is 76.8 cm³/mol. The highest BCUT2D eigenvalue weighted by atomic mass is 35.5. The Morgan fingerprint density at radius 2 is 1.89 bits per heavy atom. The second kappa shape index (κ2) is 8.75. The third kappa shape index (κ3) is 4.92. The molecule has 0 bridgehead atoms. The lowest BCUT2D eigenvalue weighted by Crippen LogP contribution is -2.32. The van der Waals surface area contributed by atoms with Crippen LogP contribution in [0, 0.1) is 5.82 Å². The number of hydrogen-bond acceptors (Lipinski definition) is 2. The van der Waals surface area contributed by atoms with Gasteiger partial charge in [-0.3, -0.25) is 0 Å². The Bertz CT molecular complexity index is 370. The first-order chi connectivity index (χ1) is 9.18. The van der Waals surface area contributed by atoms with E-state index in [1.165, 1.54) is 12.1 Å². The molecule has 0 radical (unpaired) electrons. The summed E-state index contributed by atoms with van der Waals surface area (Å²) >= 11 is 12.1. The third-order valence-corrected chi connectivity index (χ3v) is 4.13. The molecule has 0 fully saturated rings. The van der Waals surface area contributed by atoms with E-state index in [1.807, 2.05) is 6.07 Å². The zero-order valence-corrected chi connectivity index (χ0v) is 12.5. The van der Waals surface area contributed by atoms with E-state index in [0.29, 0.717) is 38.0 Å². The molecule has 0 spiro atoms. The summed E-state index contributed by atoms with van der Waals surface area (Å²) in [6, 6.07) is 6.42. The quantitative estimate of drug-likeness (QED) is 0.513. The van der Waals surface area contributed by atoms with Gasteiger partial charge < -0.3 is 9.47 Å². The van der Waals surface area contributed by atoms with Gasteiger partial charge in [0.25, 0.3) is 0 Å². The van der Waals surface area contributed by atoms with Crippen molar-refractivity contribution in [3.63, 3.8) is 0 Å². The Hall–Kier alpha value is -0.350. The second-order valence-electron chi connectivity index (χ2n) is 4.41. The molecule has 0 unspecified atom stereocenters. The number of benzene rings is 1. The fourth-order valence-corrected chi connectivity index (χ4v) is 2.66. The number of halogens is 3. The maximum Gasteiger partial charge on any atom is 0.123 e. The van der Waals surface area contributed by atoms with Crippen molar-refractivity contribution < 1.29 is 13.9 Å². The number of ether oxygens (including phenoxy) is 2. The van der Waals surface area contributed by atoms with Crippen molar-refractivity contribution in [1.82, 2.24) is 0 Å². The molecule has 0 heterocycles. The lowest BCUT2D eigenvalue weighted by molar-refractivity contribution is 0.0632. The fraction of sp³-hybridized carbons (Fsp3) is 0.571. The van der Waals surface area contributed by atoms with Gasteiger partial charge >= 0.3 is 0 Å². The number of hydrogen-bond donors (Lipinski definition) is 0. The van der Waals surface area contributed by atoms with Crippen LogP contribution in [0.4, 0.5) is 4.39 Å². The lowest BCUT2D eigenvalue weighted by atomic mass is 9.81. The van der Waals surface area contributed by atoms with Gasteiger partial charge in [0.2, 0.25) is 0 Å². The summed E-state index contributed by atoms with van der Waals surface area (Å²) in [6.07, 6.45) is 0.646. The molecular weight excluding hydrogens is 290 g/mol. The molecule has 0 N–H and O–H groups in total. The molecule has 5 heteroatoms. The minimum absolute atomic E-state index is 0.280. The van der Waals surface area contributed by atoms with Crippen LogP contribution in [0.1, 0.15) is 12.0 Å². The first kappa shape index (κ1) is 16.7. The van der Waals surface area contributed by atoms with E-state index in [4.69, 9.17) is 32.7 Å². The predicted octanol–water partition coefficient (Wildman–Crippen LogP) is 3.59. The summed E-state index contributed by atoms with van der Waals surface area (Å²) in [5.41, 5.74) is 0.353. The van der Waals surface area contributed by atoms with Gasteiger partial charge in [-0.05, 0) is 24.1 Å². The molecule has 0 aromatic heterocycles. The van der Waals surface area contributed by atoms with Crippen LogP contribution in [-0.4, -0.2) is 38.7 Å². The van der Waals surface area contributed by atoms with E-state index in [2.05, 4.69) is 0 Å². The highest BCUT2D eigenvalue weighted by molar-refractivity contribution is 6.22. The van der Waals surface area contributed by atoms with Crippen LogP contribution in [0.25, 0.3) is 0 Å². The van der Waals surface area contributed by atoms with E-state index in [-0.39, 0.29) is 5.82 Å². The zero-order chi connectivity index (χ0) is 14.1. The molecule has 0 saturated carbocycles. The summed E-state index contributed by atoms with van der Waals surface area (Å²) < 4.78 is 23.7. The van der Waals surface area contributed by atoms with Crippen molar-refractivity contribution in [3.8, 4) is 0 Å². The van der Waals surface area contributed by atoms with E-state index >= 15 is 0 Å². The van der Waals surface area contributed by atoms with Gasteiger partial charge in [0, 0.05) is 30.9 Å². The molecule has 0 saturated heterocycles. The van der Waals surface area contributed by atoms with Crippen LogP contribution in [0.5, 0.6) is 0 Å². The first-order valence-corrected chi connectivity index (χ1v) is 7.20. The maximum absolute atomic E-state index is 13.3. The smallest absolute Gasteiger partial charge is 0.123 e. The minimum atomic E-state index is -0.460. The number of methoxy groups -OCH3 is 1. The average molecular weight is 309 g/mol. The van der Waals surface area contributed by atoms with Gasteiger partial charge in [-0.25, -0.2) is 4.39 Å². The van der Waals surface area contributed by atoms with Gasteiger partial charge in [-0.2, -0.15) is 0 Å². The molecule has 0 aliphatic carbocycles. The molecule has 0 aliphatic rings. The molecule has 2 nitrogen and oxygen atoms in total. The highest BCUT2D eigenvalue weighted by Crippen LogP contribution is 2.31. The van der Waals surface area contributed by atoms with E-state index < -0.39 is 5.41 Å². The Morgan fingerprint density at radius 1 is 1.16 bits per heavy atom. The average Bonchev–Trinajstić information content (AvgIpc) is 2.43. The Morgan fingerprint density at radius 3 is 2.47 bits per heavy atom. The van der Waals surface area contributed by atoms with E-state index in [1.54, 1.807) is 13.2 Å². The van der Waals surface area contributed by atoms with Crippen LogP contribution in [0.3, 0.4) is 0 Å². The second-order valence-corrected chi connectivity index (χ2v) is 4.95. The Balaban J connectivity index is 2.68. The normalized spacial score (nSPS) is 11.8. The summed E-state index contributed by atoms with van der Waals surface area (Å²) in [6.45, 7) is 1.59. The number of rotatable bonds is 9. The van der Waals surface area contributed by atoms with Crippen molar-refractivity contribution >= 4 is 23.2 Å². The maximum atomic E-state index is 13.3. The molecule has 0 aliphatic heterocycles. The van der Waals surface area contributed by atoms with Gasteiger partial charge in [0.15, 0.2) is 0 Å².